The van der Waals surface area contributed by atoms with Crippen LogP contribution in [0.2, 0.25) is 0 Å². The Morgan fingerprint density at radius 2 is 1.50 bits per heavy atom. The molecule has 170 valence electrons. The number of alkyl carbamates (subject to hydrolysis) is 1. The van der Waals surface area contributed by atoms with E-state index in [1.165, 1.54) is 0 Å². The Hall–Kier alpha value is -3.35. The molecule has 0 saturated heterocycles. The third-order valence-electron chi connectivity index (χ3n) is 5.75. The maximum absolute atomic E-state index is 12.6. The number of aliphatic carboxylic acids is 1. The van der Waals surface area contributed by atoms with E-state index in [4.69, 9.17) is 9.84 Å². The molecule has 0 aromatic heterocycles. The number of hydrogen-bond donors (Lipinski definition) is 3. The number of carboxylic acid groups (broad SMARTS) is 1. The molecule has 0 bridgehead atoms. The number of fused-ring (bicyclic) bond motifs is 3. The van der Waals surface area contributed by atoms with Crippen molar-refractivity contribution in [3.05, 3.63) is 59.7 Å². The number of rotatable bonds is 9. The molecule has 0 saturated carbocycles. The molecule has 1 aliphatic carbocycles. The minimum Gasteiger partial charge on any atom is -0.481 e. The average Bonchev–Trinajstić information content (AvgIpc) is 3.08. The molecule has 0 radical (unpaired) electrons. The van der Waals surface area contributed by atoms with E-state index >= 15 is 0 Å². The highest BCUT2D eigenvalue weighted by atomic mass is 16.5. The lowest BCUT2D eigenvalue weighted by Crippen LogP contribution is -2.51. The highest BCUT2D eigenvalue weighted by Crippen LogP contribution is 2.44. The molecule has 32 heavy (non-hydrogen) atoms. The second kappa shape index (κ2) is 10.3. The van der Waals surface area contributed by atoms with Gasteiger partial charge in [-0.1, -0.05) is 62.4 Å². The van der Waals surface area contributed by atoms with Gasteiger partial charge in [0.25, 0.3) is 0 Å². The summed E-state index contributed by atoms with van der Waals surface area (Å²) in [6, 6.07) is 15.1. The Bertz CT molecular complexity index is 942. The van der Waals surface area contributed by atoms with E-state index in [1.807, 2.05) is 50.2 Å². The Morgan fingerprint density at radius 3 is 2.03 bits per heavy atom. The summed E-state index contributed by atoms with van der Waals surface area (Å²) in [7, 11) is 0. The molecule has 3 N–H and O–H groups in total. The molecule has 0 heterocycles. The standard InChI is InChI=1S/C25H30N2O5/c1-15(2)23(24(30)26-16(3)12-13-22(28)29)27-25(31)32-14-21-19-10-6-4-8-17(19)18-9-5-7-11-20(18)21/h4-11,15-16,21,23H,12-14H2,1-3H3,(H,26,30)(H,27,31)(H,28,29). The fraction of sp³-hybridized carbons (Fsp3) is 0.400. The highest BCUT2D eigenvalue weighted by molar-refractivity contribution is 5.86. The minimum absolute atomic E-state index is 0.0341. The summed E-state index contributed by atoms with van der Waals surface area (Å²) in [6.07, 6.45) is -0.372. The van der Waals surface area contributed by atoms with Crippen LogP contribution in [0.1, 0.15) is 50.7 Å². The van der Waals surface area contributed by atoms with Gasteiger partial charge in [-0.15, -0.1) is 0 Å². The Labute approximate surface area is 188 Å². The zero-order valence-electron chi connectivity index (χ0n) is 18.6. The predicted molar refractivity (Wildman–Crippen MR) is 121 cm³/mol. The fourth-order valence-electron chi connectivity index (χ4n) is 4.05. The molecule has 0 spiro atoms. The van der Waals surface area contributed by atoms with Crippen LogP contribution in [0.15, 0.2) is 48.5 Å². The van der Waals surface area contributed by atoms with Gasteiger partial charge in [0, 0.05) is 18.4 Å². The smallest absolute Gasteiger partial charge is 0.407 e. The van der Waals surface area contributed by atoms with Crippen LogP contribution in [0.5, 0.6) is 0 Å². The van der Waals surface area contributed by atoms with E-state index in [9.17, 15) is 14.4 Å². The lowest BCUT2D eigenvalue weighted by molar-refractivity contribution is -0.137. The third kappa shape index (κ3) is 5.46. The molecule has 0 aliphatic heterocycles. The molecule has 3 rings (SSSR count). The number of ether oxygens (including phenoxy) is 1. The van der Waals surface area contributed by atoms with Gasteiger partial charge in [-0.05, 0) is 41.5 Å². The first kappa shape index (κ1) is 23.3. The van der Waals surface area contributed by atoms with E-state index in [1.54, 1.807) is 6.92 Å². The lowest BCUT2D eigenvalue weighted by Gasteiger charge is -2.24. The van der Waals surface area contributed by atoms with Crippen LogP contribution in [0.3, 0.4) is 0 Å². The molecule has 1 aliphatic rings. The van der Waals surface area contributed by atoms with Gasteiger partial charge in [-0.25, -0.2) is 4.79 Å². The molecule has 0 fully saturated rings. The fourth-order valence-corrected chi connectivity index (χ4v) is 4.05. The van der Waals surface area contributed by atoms with Crippen molar-refractivity contribution in [2.75, 3.05) is 6.61 Å². The predicted octanol–water partition coefficient (Wildman–Crippen LogP) is 3.92. The summed E-state index contributed by atoms with van der Waals surface area (Å²) in [6.45, 7) is 5.57. The topological polar surface area (TPSA) is 105 Å². The minimum atomic E-state index is -0.914. The van der Waals surface area contributed by atoms with Gasteiger partial charge in [0.2, 0.25) is 5.91 Å². The van der Waals surface area contributed by atoms with Crippen molar-refractivity contribution < 1.29 is 24.2 Å². The van der Waals surface area contributed by atoms with Crippen LogP contribution in [-0.2, 0) is 14.3 Å². The van der Waals surface area contributed by atoms with Crippen molar-refractivity contribution in [2.24, 2.45) is 5.92 Å². The molecule has 2 aromatic rings. The van der Waals surface area contributed by atoms with Crippen LogP contribution in [0.25, 0.3) is 11.1 Å². The van der Waals surface area contributed by atoms with Gasteiger partial charge in [0.05, 0.1) is 0 Å². The van der Waals surface area contributed by atoms with E-state index in [0.29, 0.717) is 6.42 Å². The van der Waals surface area contributed by atoms with Gasteiger partial charge < -0.3 is 20.5 Å². The first-order chi connectivity index (χ1) is 15.3. The zero-order valence-corrected chi connectivity index (χ0v) is 18.6. The Morgan fingerprint density at radius 1 is 0.938 bits per heavy atom. The maximum Gasteiger partial charge on any atom is 0.407 e. The van der Waals surface area contributed by atoms with E-state index in [2.05, 4.69) is 22.8 Å². The molecule has 2 unspecified atom stereocenters. The van der Waals surface area contributed by atoms with Crippen molar-refractivity contribution in [1.82, 2.24) is 10.6 Å². The normalized spacial score (nSPS) is 14.2. The van der Waals surface area contributed by atoms with Gasteiger partial charge >= 0.3 is 12.1 Å². The number of nitrogens with one attached hydrogen (secondary N) is 2. The summed E-state index contributed by atoms with van der Waals surface area (Å²) < 4.78 is 5.55. The second-order valence-electron chi connectivity index (χ2n) is 8.53. The first-order valence-electron chi connectivity index (χ1n) is 10.9. The number of hydrogen-bond acceptors (Lipinski definition) is 4. The number of amides is 2. The molecule has 2 amide bonds. The van der Waals surface area contributed by atoms with E-state index in [0.717, 1.165) is 22.3 Å². The summed E-state index contributed by atoms with van der Waals surface area (Å²) in [4.78, 5) is 35.9. The van der Waals surface area contributed by atoms with Crippen molar-refractivity contribution in [2.45, 2.75) is 51.6 Å². The molecular formula is C25H30N2O5. The third-order valence-corrected chi connectivity index (χ3v) is 5.75. The van der Waals surface area contributed by atoms with Crippen LogP contribution < -0.4 is 10.6 Å². The van der Waals surface area contributed by atoms with Gasteiger partial charge in [-0.3, -0.25) is 9.59 Å². The van der Waals surface area contributed by atoms with Crippen LogP contribution >= 0.6 is 0 Å². The lowest BCUT2D eigenvalue weighted by atomic mass is 9.98. The summed E-state index contributed by atoms with van der Waals surface area (Å²) in [5.74, 6) is -1.49. The highest BCUT2D eigenvalue weighted by Gasteiger charge is 2.30. The zero-order chi connectivity index (χ0) is 23.3. The molecule has 2 aromatic carbocycles. The Balaban J connectivity index is 1.60. The van der Waals surface area contributed by atoms with Crippen LogP contribution in [0, 0.1) is 5.92 Å². The SMILES string of the molecule is CC(CCC(=O)O)NC(=O)C(NC(=O)OCC1c2ccccc2-c2ccccc21)C(C)C. The number of carbonyl (C=O) groups excluding carboxylic acids is 2. The number of carboxylic acids is 1. The summed E-state index contributed by atoms with van der Waals surface area (Å²) in [5, 5.41) is 14.2. The van der Waals surface area contributed by atoms with E-state index < -0.39 is 18.1 Å². The van der Waals surface area contributed by atoms with Crippen molar-refractivity contribution >= 4 is 18.0 Å². The summed E-state index contributed by atoms with van der Waals surface area (Å²) in [5.41, 5.74) is 4.53. The van der Waals surface area contributed by atoms with Gasteiger partial charge in [0.1, 0.15) is 12.6 Å². The first-order valence-corrected chi connectivity index (χ1v) is 10.9. The van der Waals surface area contributed by atoms with Crippen molar-refractivity contribution in [1.29, 1.82) is 0 Å². The number of carbonyl (C=O) groups is 3. The van der Waals surface area contributed by atoms with E-state index in [-0.39, 0.29) is 36.8 Å². The van der Waals surface area contributed by atoms with Gasteiger partial charge in [-0.2, -0.15) is 0 Å². The monoisotopic (exact) mass is 438 g/mol. The largest absolute Gasteiger partial charge is 0.481 e. The van der Waals surface area contributed by atoms with Crippen LogP contribution in [0.4, 0.5) is 4.79 Å². The van der Waals surface area contributed by atoms with Crippen molar-refractivity contribution in [3.63, 3.8) is 0 Å². The molecular weight excluding hydrogens is 408 g/mol. The molecule has 7 heteroatoms. The quantitative estimate of drug-likeness (QED) is 0.550. The second-order valence-corrected chi connectivity index (χ2v) is 8.53. The van der Waals surface area contributed by atoms with Gasteiger partial charge in [0.15, 0.2) is 0 Å². The number of benzene rings is 2. The summed E-state index contributed by atoms with van der Waals surface area (Å²) >= 11 is 0. The molecule has 7 nitrogen and oxygen atoms in total. The Kier molecular flexibility index (Phi) is 7.51. The molecule has 2 atom stereocenters. The maximum atomic E-state index is 12.6. The average molecular weight is 439 g/mol. The van der Waals surface area contributed by atoms with Crippen molar-refractivity contribution in [3.8, 4) is 11.1 Å². The van der Waals surface area contributed by atoms with Crippen LogP contribution in [-0.4, -0.2) is 41.8 Å².